The average Bonchev–Trinajstić information content (AvgIpc) is 2.68. The molecule has 3 rings (SSSR count). The monoisotopic (exact) mass is 373 g/mol. The van der Waals surface area contributed by atoms with E-state index in [1.54, 1.807) is 22.1 Å². The molecule has 1 aromatic carbocycles. The Hall–Kier alpha value is -2.67. The van der Waals surface area contributed by atoms with Gasteiger partial charge in [-0.15, -0.1) is 0 Å². The third-order valence-electron chi connectivity index (χ3n) is 4.21. The molecule has 1 N–H and O–H groups in total. The van der Waals surface area contributed by atoms with Crippen LogP contribution in [0.5, 0.6) is 0 Å². The lowest BCUT2D eigenvalue weighted by molar-refractivity contribution is -0.119. The minimum absolute atomic E-state index is 0.143. The van der Waals surface area contributed by atoms with Crippen molar-refractivity contribution < 1.29 is 9.59 Å². The lowest BCUT2D eigenvalue weighted by Gasteiger charge is -2.32. The van der Waals surface area contributed by atoms with Crippen LogP contribution in [0.3, 0.4) is 0 Å². The number of halogens is 1. The molecule has 2 heterocycles. The second kappa shape index (κ2) is 8.62. The van der Waals surface area contributed by atoms with Crippen molar-refractivity contribution in [1.29, 1.82) is 0 Å². The molecule has 0 atom stereocenters. The molecule has 136 valence electrons. The van der Waals surface area contributed by atoms with E-state index in [1.807, 2.05) is 24.3 Å². The molecule has 0 unspecified atom stereocenters. The molecule has 8 heteroatoms. The number of nitrogens with zero attached hydrogens (tertiary/aromatic N) is 4. The number of nitrogens with one attached hydrogen (secondary N) is 1. The van der Waals surface area contributed by atoms with Crippen LogP contribution in [0.15, 0.2) is 36.5 Å². The van der Waals surface area contributed by atoms with Crippen molar-refractivity contribution in [2.75, 3.05) is 38.0 Å². The first-order chi connectivity index (χ1) is 12.7. The zero-order valence-corrected chi connectivity index (χ0v) is 15.0. The lowest BCUT2D eigenvalue weighted by atomic mass is 10.1. The average molecular weight is 374 g/mol. The van der Waals surface area contributed by atoms with E-state index in [4.69, 9.17) is 11.6 Å². The summed E-state index contributed by atoms with van der Waals surface area (Å²) < 4.78 is 0. The molecule has 2 aromatic rings. The third kappa shape index (κ3) is 4.70. The molecule has 0 radical (unpaired) electrons. The number of carbonyl (C=O) groups is 2. The van der Waals surface area contributed by atoms with E-state index in [9.17, 15) is 9.59 Å². The van der Waals surface area contributed by atoms with Gasteiger partial charge in [-0.3, -0.25) is 9.59 Å². The highest BCUT2D eigenvalue weighted by molar-refractivity contribution is 6.30. The fourth-order valence-corrected chi connectivity index (χ4v) is 2.98. The Morgan fingerprint density at radius 1 is 1.23 bits per heavy atom. The van der Waals surface area contributed by atoms with Gasteiger partial charge in [-0.25, -0.2) is 9.97 Å². The maximum atomic E-state index is 12.6. The SMILES string of the molecule is O=CN1CCN(C(=O)c2ccnc(NCCc3cccc(Cl)c3)n2)CC1. The van der Waals surface area contributed by atoms with Crippen LogP contribution >= 0.6 is 11.6 Å². The Kier molecular flexibility index (Phi) is 6.01. The number of benzene rings is 1. The molecule has 1 aromatic heterocycles. The molecule has 7 nitrogen and oxygen atoms in total. The standard InChI is InChI=1S/C18H20ClN5O2/c19-15-3-1-2-14(12-15)4-6-20-18-21-7-5-16(22-18)17(26)24-10-8-23(13-25)9-11-24/h1-3,5,7,12-13H,4,6,8-11H2,(H,20,21,22). The minimum atomic E-state index is -0.143. The van der Waals surface area contributed by atoms with Gasteiger partial charge >= 0.3 is 0 Å². The normalized spacial score (nSPS) is 14.2. The summed E-state index contributed by atoms with van der Waals surface area (Å²) in [5.41, 5.74) is 1.47. The van der Waals surface area contributed by atoms with Crippen LogP contribution in [0, 0.1) is 0 Å². The second-order valence-electron chi connectivity index (χ2n) is 6.01. The van der Waals surface area contributed by atoms with Crippen LogP contribution in [-0.4, -0.2) is 64.8 Å². The number of anilines is 1. The van der Waals surface area contributed by atoms with Crippen LogP contribution in [0.4, 0.5) is 5.95 Å². The van der Waals surface area contributed by atoms with Crippen molar-refractivity contribution in [1.82, 2.24) is 19.8 Å². The van der Waals surface area contributed by atoms with Crippen LogP contribution in [0.1, 0.15) is 16.1 Å². The van der Waals surface area contributed by atoms with Crippen LogP contribution in [0.2, 0.25) is 5.02 Å². The summed E-state index contributed by atoms with van der Waals surface area (Å²) in [5, 5.41) is 3.85. The number of amides is 2. The third-order valence-corrected chi connectivity index (χ3v) is 4.45. The van der Waals surface area contributed by atoms with Gasteiger partial charge in [0, 0.05) is 43.9 Å². The fraction of sp³-hybridized carbons (Fsp3) is 0.333. The Morgan fingerprint density at radius 3 is 2.77 bits per heavy atom. The van der Waals surface area contributed by atoms with Gasteiger partial charge in [0.05, 0.1) is 0 Å². The summed E-state index contributed by atoms with van der Waals surface area (Å²) in [7, 11) is 0. The van der Waals surface area contributed by atoms with Crippen molar-refractivity contribution in [3.05, 3.63) is 52.8 Å². The van der Waals surface area contributed by atoms with E-state index >= 15 is 0 Å². The number of rotatable bonds is 6. The Labute approximate surface area is 157 Å². The van der Waals surface area contributed by atoms with Gasteiger partial charge in [0.25, 0.3) is 5.91 Å². The van der Waals surface area contributed by atoms with Crippen LogP contribution in [0.25, 0.3) is 0 Å². The molecule has 1 fully saturated rings. The van der Waals surface area contributed by atoms with Crippen LogP contribution < -0.4 is 5.32 Å². The molecular formula is C18H20ClN5O2. The van der Waals surface area contributed by atoms with Crippen molar-refractivity contribution >= 4 is 29.9 Å². The first-order valence-electron chi connectivity index (χ1n) is 8.46. The van der Waals surface area contributed by atoms with Gasteiger partial charge in [0.15, 0.2) is 0 Å². The molecule has 2 amide bonds. The first-order valence-corrected chi connectivity index (χ1v) is 8.83. The molecule has 0 aliphatic carbocycles. The second-order valence-corrected chi connectivity index (χ2v) is 6.44. The summed E-state index contributed by atoms with van der Waals surface area (Å²) in [6.45, 7) is 2.75. The number of carbonyl (C=O) groups excluding carboxylic acids is 2. The van der Waals surface area contributed by atoms with Gasteiger partial charge in [0.1, 0.15) is 5.69 Å². The summed E-state index contributed by atoms with van der Waals surface area (Å²) in [5.74, 6) is 0.278. The Morgan fingerprint density at radius 2 is 2.04 bits per heavy atom. The maximum absolute atomic E-state index is 12.6. The number of aromatic nitrogens is 2. The highest BCUT2D eigenvalue weighted by atomic mass is 35.5. The van der Waals surface area contributed by atoms with Gasteiger partial charge in [-0.05, 0) is 30.2 Å². The zero-order valence-electron chi connectivity index (χ0n) is 14.3. The van der Waals surface area contributed by atoms with E-state index in [-0.39, 0.29) is 5.91 Å². The smallest absolute Gasteiger partial charge is 0.272 e. The van der Waals surface area contributed by atoms with Crippen molar-refractivity contribution in [2.24, 2.45) is 0 Å². The predicted molar refractivity (Wildman–Crippen MR) is 99.2 cm³/mol. The zero-order chi connectivity index (χ0) is 18.4. The van der Waals surface area contributed by atoms with Crippen molar-refractivity contribution in [3.63, 3.8) is 0 Å². The topological polar surface area (TPSA) is 78.4 Å². The Balaban J connectivity index is 1.56. The maximum Gasteiger partial charge on any atom is 0.272 e. The van der Waals surface area contributed by atoms with Gasteiger partial charge < -0.3 is 15.1 Å². The van der Waals surface area contributed by atoms with E-state index in [1.165, 1.54) is 0 Å². The quantitative estimate of drug-likeness (QED) is 0.780. The number of hydrogen-bond donors (Lipinski definition) is 1. The van der Waals surface area contributed by atoms with E-state index in [0.29, 0.717) is 49.4 Å². The lowest BCUT2D eigenvalue weighted by Crippen LogP contribution is -2.48. The van der Waals surface area contributed by atoms with E-state index in [0.717, 1.165) is 18.4 Å². The summed E-state index contributed by atoms with van der Waals surface area (Å²) >= 11 is 5.98. The molecule has 0 saturated carbocycles. The molecule has 0 bridgehead atoms. The summed E-state index contributed by atoms with van der Waals surface area (Å²) in [6, 6.07) is 9.29. The minimum Gasteiger partial charge on any atom is -0.354 e. The Bertz CT molecular complexity index is 778. The van der Waals surface area contributed by atoms with Crippen LogP contribution in [-0.2, 0) is 11.2 Å². The molecule has 1 saturated heterocycles. The van der Waals surface area contributed by atoms with Crippen molar-refractivity contribution in [2.45, 2.75) is 6.42 Å². The number of piperazine rings is 1. The molecule has 0 spiro atoms. The van der Waals surface area contributed by atoms with Gasteiger partial charge in [0.2, 0.25) is 12.4 Å². The van der Waals surface area contributed by atoms with E-state index in [2.05, 4.69) is 15.3 Å². The highest BCUT2D eigenvalue weighted by Crippen LogP contribution is 2.12. The molecule has 1 aliphatic rings. The number of hydrogen-bond acceptors (Lipinski definition) is 5. The predicted octanol–water partition coefficient (Wildman–Crippen LogP) is 1.70. The summed E-state index contributed by atoms with van der Waals surface area (Å²) in [4.78, 5) is 35.2. The largest absolute Gasteiger partial charge is 0.354 e. The fourth-order valence-electron chi connectivity index (χ4n) is 2.77. The van der Waals surface area contributed by atoms with Crippen molar-refractivity contribution in [3.8, 4) is 0 Å². The summed E-state index contributed by atoms with van der Waals surface area (Å²) in [6.07, 6.45) is 3.16. The highest BCUT2D eigenvalue weighted by Gasteiger charge is 2.22. The first kappa shape index (κ1) is 18.1. The van der Waals surface area contributed by atoms with Gasteiger partial charge in [-0.1, -0.05) is 23.7 Å². The molecule has 26 heavy (non-hydrogen) atoms. The van der Waals surface area contributed by atoms with E-state index < -0.39 is 0 Å². The van der Waals surface area contributed by atoms with Gasteiger partial charge in [-0.2, -0.15) is 0 Å². The molecular weight excluding hydrogens is 354 g/mol. The molecule has 1 aliphatic heterocycles.